The standard InChI is InChI=1S/C14H16F3N5O/c1-21-13(18-19-20-21)8-22-7-9(23)6-12(22)10-4-2-3-5-11(10)14(15,16)17/h2-5,9,12,23H,6-8H2,1H3/t9-,12-/m0/s1. The number of aryl methyl sites for hydroxylation is 1. The van der Waals surface area contributed by atoms with Crippen LogP contribution in [0.2, 0.25) is 0 Å². The van der Waals surface area contributed by atoms with Gasteiger partial charge in [-0.05, 0) is 28.5 Å². The fourth-order valence-corrected chi connectivity index (χ4v) is 2.99. The van der Waals surface area contributed by atoms with Gasteiger partial charge in [-0.3, -0.25) is 4.90 Å². The van der Waals surface area contributed by atoms with Gasteiger partial charge in [0.2, 0.25) is 0 Å². The average Bonchev–Trinajstić information content (AvgIpc) is 3.05. The van der Waals surface area contributed by atoms with Crippen LogP contribution in [0.15, 0.2) is 24.3 Å². The summed E-state index contributed by atoms with van der Waals surface area (Å²) in [6.07, 6.45) is -4.86. The molecule has 124 valence electrons. The lowest BCUT2D eigenvalue weighted by molar-refractivity contribution is -0.138. The SMILES string of the molecule is Cn1nnnc1CN1C[C@@H](O)C[C@H]1c1ccccc1C(F)(F)F. The van der Waals surface area contributed by atoms with Crippen molar-refractivity contribution in [3.63, 3.8) is 0 Å². The molecule has 1 saturated heterocycles. The number of aromatic nitrogens is 4. The second kappa shape index (κ2) is 5.89. The number of tetrazole rings is 1. The van der Waals surface area contributed by atoms with Crippen LogP contribution in [0, 0.1) is 0 Å². The van der Waals surface area contributed by atoms with Gasteiger partial charge in [-0.1, -0.05) is 18.2 Å². The molecule has 3 rings (SSSR count). The summed E-state index contributed by atoms with van der Waals surface area (Å²) in [5, 5.41) is 21.1. The minimum Gasteiger partial charge on any atom is -0.392 e. The Labute approximate surface area is 130 Å². The van der Waals surface area contributed by atoms with E-state index in [1.165, 1.54) is 16.8 Å². The van der Waals surface area contributed by atoms with Crippen LogP contribution in [0.3, 0.4) is 0 Å². The van der Waals surface area contributed by atoms with Gasteiger partial charge in [0, 0.05) is 19.6 Å². The monoisotopic (exact) mass is 327 g/mol. The summed E-state index contributed by atoms with van der Waals surface area (Å²) in [4.78, 5) is 1.78. The molecule has 6 nitrogen and oxygen atoms in total. The number of halogens is 3. The fourth-order valence-electron chi connectivity index (χ4n) is 2.99. The smallest absolute Gasteiger partial charge is 0.392 e. The molecule has 1 N–H and O–H groups in total. The Morgan fingerprint density at radius 3 is 2.70 bits per heavy atom. The molecule has 2 heterocycles. The number of nitrogens with zero attached hydrogens (tertiary/aromatic N) is 5. The third-order valence-electron chi connectivity index (χ3n) is 4.06. The van der Waals surface area contributed by atoms with Crippen LogP contribution in [0.5, 0.6) is 0 Å². The van der Waals surface area contributed by atoms with E-state index >= 15 is 0 Å². The molecule has 1 fully saturated rings. The molecular weight excluding hydrogens is 311 g/mol. The average molecular weight is 327 g/mol. The van der Waals surface area contributed by atoms with Gasteiger partial charge in [-0.2, -0.15) is 13.2 Å². The maximum absolute atomic E-state index is 13.2. The molecule has 23 heavy (non-hydrogen) atoms. The molecule has 2 atom stereocenters. The van der Waals surface area contributed by atoms with Crippen molar-refractivity contribution in [1.29, 1.82) is 0 Å². The summed E-state index contributed by atoms with van der Waals surface area (Å²) >= 11 is 0. The highest BCUT2D eigenvalue weighted by atomic mass is 19.4. The van der Waals surface area contributed by atoms with Crippen LogP contribution < -0.4 is 0 Å². The van der Waals surface area contributed by atoms with Crippen molar-refractivity contribution in [2.75, 3.05) is 6.54 Å². The van der Waals surface area contributed by atoms with Gasteiger partial charge >= 0.3 is 6.18 Å². The van der Waals surface area contributed by atoms with Gasteiger partial charge in [0.25, 0.3) is 0 Å². The molecular formula is C14H16F3N5O. The van der Waals surface area contributed by atoms with Crippen molar-refractivity contribution in [2.24, 2.45) is 7.05 Å². The Morgan fingerprint density at radius 1 is 1.30 bits per heavy atom. The topological polar surface area (TPSA) is 67.1 Å². The van der Waals surface area contributed by atoms with Crippen molar-refractivity contribution in [3.8, 4) is 0 Å². The number of benzene rings is 1. The van der Waals surface area contributed by atoms with Crippen molar-refractivity contribution in [2.45, 2.75) is 31.3 Å². The van der Waals surface area contributed by atoms with Crippen LogP contribution in [-0.4, -0.2) is 42.9 Å². The normalized spacial score (nSPS) is 22.7. The van der Waals surface area contributed by atoms with Gasteiger partial charge in [0.15, 0.2) is 5.82 Å². The highest BCUT2D eigenvalue weighted by Gasteiger charge is 2.40. The first-order chi connectivity index (χ1) is 10.9. The third kappa shape index (κ3) is 3.20. The quantitative estimate of drug-likeness (QED) is 0.926. The molecule has 0 saturated carbocycles. The zero-order valence-corrected chi connectivity index (χ0v) is 12.4. The number of aliphatic hydroxyl groups is 1. The number of rotatable bonds is 3. The van der Waals surface area contributed by atoms with E-state index in [1.54, 1.807) is 18.0 Å². The van der Waals surface area contributed by atoms with Gasteiger partial charge in [0.1, 0.15) is 0 Å². The fraction of sp³-hybridized carbons (Fsp3) is 0.500. The highest BCUT2D eigenvalue weighted by Crippen LogP contribution is 2.40. The molecule has 2 aromatic rings. The molecule has 0 radical (unpaired) electrons. The van der Waals surface area contributed by atoms with Crippen LogP contribution in [0.1, 0.15) is 29.4 Å². The Hall–Kier alpha value is -2.00. The van der Waals surface area contributed by atoms with E-state index in [4.69, 9.17) is 0 Å². The predicted octanol–water partition coefficient (Wildman–Crippen LogP) is 1.54. The Balaban J connectivity index is 1.93. The van der Waals surface area contributed by atoms with E-state index in [2.05, 4.69) is 15.5 Å². The second-order valence-corrected chi connectivity index (χ2v) is 5.64. The molecule has 0 unspecified atom stereocenters. The molecule has 1 aromatic carbocycles. The number of hydrogen-bond acceptors (Lipinski definition) is 5. The first-order valence-corrected chi connectivity index (χ1v) is 7.15. The summed E-state index contributed by atoms with van der Waals surface area (Å²) in [6, 6.07) is 4.96. The first kappa shape index (κ1) is 15.9. The molecule has 1 aliphatic rings. The Bertz CT molecular complexity index is 687. The Morgan fingerprint density at radius 2 is 2.04 bits per heavy atom. The zero-order chi connectivity index (χ0) is 16.6. The van der Waals surface area contributed by atoms with Crippen LogP contribution >= 0.6 is 0 Å². The van der Waals surface area contributed by atoms with Crippen molar-refractivity contribution in [3.05, 3.63) is 41.2 Å². The zero-order valence-electron chi connectivity index (χ0n) is 12.4. The Kier molecular flexibility index (Phi) is 4.07. The van der Waals surface area contributed by atoms with E-state index in [0.29, 0.717) is 5.82 Å². The lowest BCUT2D eigenvalue weighted by atomic mass is 9.97. The predicted molar refractivity (Wildman–Crippen MR) is 74.0 cm³/mol. The van der Waals surface area contributed by atoms with Gasteiger partial charge in [-0.15, -0.1) is 5.10 Å². The summed E-state index contributed by atoms with van der Waals surface area (Å²) in [5.74, 6) is 0.536. The van der Waals surface area contributed by atoms with Gasteiger partial charge < -0.3 is 5.11 Å². The van der Waals surface area contributed by atoms with Gasteiger partial charge in [0.05, 0.1) is 18.2 Å². The minimum absolute atomic E-state index is 0.173. The lowest BCUT2D eigenvalue weighted by Gasteiger charge is -2.26. The first-order valence-electron chi connectivity index (χ1n) is 7.15. The van der Waals surface area contributed by atoms with Crippen molar-refractivity contribution < 1.29 is 18.3 Å². The summed E-state index contributed by atoms with van der Waals surface area (Å²) in [5.41, 5.74) is -0.494. The molecule has 0 amide bonds. The van der Waals surface area contributed by atoms with E-state index in [-0.39, 0.29) is 25.1 Å². The second-order valence-electron chi connectivity index (χ2n) is 5.64. The molecule has 1 aromatic heterocycles. The van der Waals surface area contributed by atoms with Crippen LogP contribution in [0.4, 0.5) is 13.2 Å². The number of likely N-dealkylation sites (tertiary alicyclic amines) is 1. The van der Waals surface area contributed by atoms with E-state index in [0.717, 1.165) is 6.07 Å². The molecule has 0 aliphatic carbocycles. The molecule has 0 bridgehead atoms. The maximum Gasteiger partial charge on any atom is 0.416 e. The summed E-state index contributed by atoms with van der Waals surface area (Å²) < 4.78 is 41.2. The number of alkyl halides is 3. The van der Waals surface area contributed by atoms with Crippen LogP contribution in [0.25, 0.3) is 0 Å². The molecule has 1 aliphatic heterocycles. The molecule has 0 spiro atoms. The third-order valence-corrected chi connectivity index (χ3v) is 4.06. The van der Waals surface area contributed by atoms with E-state index < -0.39 is 23.9 Å². The van der Waals surface area contributed by atoms with Crippen molar-refractivity contribution in [1.82, 2.24) is 25.1 Å². The number of hydrogen-bond donors (Lipinski definition) is 1. The van der Waals surface area contributed by atoms with E-state index in [1.807, 2.05) is 0 Å². The lowest BCUT2D eigenvalue weighted by Crippen LogP contribution is -2.27. The van der Waals surface area contributed by atoms with Crippen molar-refractivity contribution >= 4 is 0 Å². The minimum atomic E-state index is -4.43. The number of β-amino-alcohol motifs (C(OH)–C–C–N with tert-alkyl or cyclic N) is 1. The summed E-state index contributed by atoms with van der Waals surface area (Å²) in [7, 11) is 1.67. The largest absolute Gasteiger partial charge is 0.416 e. The highest BCUT2D eigenvalue weighted by molar-refractivity contribution is 5.33. The number of aliphatic hydroxyl groups excluding tert-OH is 1. The van der Waals surface area contributed by atoms with Crippen LogP contribution in [-0.2, 0) is 19.8 Å². The molecule has 9 heteroatoms. The summed E-state index contributed by atoms with van der Waals surface area (Å²) in [6.45, 7) is 0.557. The van der Waals surface area contributed by atoms with E-state index in [9.17, 15) is 18.3 Å². The maximum atomic E-state index is 13.2. The van der Waals surface area contributed by atoms with Gasteiger partial charge in [-0.25, -0.2) is 4.68 Å².